The molecule has 1 saturated carbocycles. The minimum Gasteiger partial charge on any atom is -0.327 e. The highest BCUT2D eigenvalue weighted by Crippen LogP contribution is 2.32. The summed E-state index contributed by atoms with van der Waals surface area (Å²) in [5, 5.41) is 4.53. The molecule has 1 aliphatic carbocycles. The van der Waals surface area contributed by atoms with E-state index in [-0.39, 0.29) is 0 Å². The molecule has 102 valence electrons. The molecule has 0 aromatic carbocycles. The number of rotatable bonds is 4. The lowest BCUT2D eigenvalue weighted by Gasteiger charge is -2.33. The van der Waals surface area contributed by atoms with Crippen LogP contribution >= 0.6 is 0 Å². The summed E-state index contributed by atoms with van der Waals surface area (Å²) in [5.74, 6) is 1.53. The van der Waals surface area contributed by atoms with Crippen LogP contribution in [0.25, 0.3) is 0 Å². The van der Waals surface area contributed by atoms with Crippen molar-refractivity contribution < 1.29 is 0 Å². The van der Waals surface area contributed by atoms with Crippen LogP contribution in [-0.2, 0) is 19.9 Å². The first-order chi connectivity index (χ1) is 8.63. The van der Waals surface area contributed by atoms with E-state index in [1.807, 2.05) is 4.68 Å². The van der Waals surface area contributed by atoms with E-state index in [0.29, 0.717) is 12.0 Å². The van der Waals surface area contributed by atoms with E-state index < -0.39 is 0 Å². The zero-order valence-electron chi connectivity index (χ0n) is 12.0. The molecule has 3 heteroatoms. The van der Waals surface area contributed by atoms with E-state index in [1.54, 1.807) is 0 Å². The molecule has 0 saturated heterocycles. The van der Waals surface area contributed by atoms with Gasteiger partial charge in [0.2, 0.25) is 0 Å². The highest BCUT2D eigenvalue weighted by atomic mass is 15.3. The molecule has 0 amide bonds. The van der Waals surface area contributed by atoms with Crippen LogP contribution in [0.15, 0.2) is 6.07 Å². The van der Waals surface area contributed by atoms with Crippen molar-refractivity contribution in [2.75, 3.05) is 0 Å². The van der Waals surface area contributed by atoms with Crippen LogP contribution in [0.4, 0.5) is 0 Å². The molecule has 1 heterocycles. The maximum Gasteiger partial charge on any atom is 0.0624 e. The van der Waals surface area contributed by atoms with Crippen molar-refractivity contribution in [1.29, 1.82) is 0 Å². The lowest BCUT2D eigenvalue weighted by molar-refractivity contribution is 0.224. The number of aromatic nitrogens is 2. The van der Waals surface area contributed by atoms with Crippen LogP contribution in [0.1, 0.15) is 50.9 Å². The van der Waals surface area contributed by atoms with Gasteiger partial charge in [-0.1, -0.05) is 20.3 Å². The molecule has 3 atom stereocenters. The average Bonchev–Trinajstić information content (AvgIpc) is 2.73. The normalized spacial score (nSPS) is 28.6. The third kappa shape index (κ3) is 2.94. The maximum atomic E-state index is 6.30. The van der Waals surface area contributed by atoms with Crippen molar-refractivity contribution in [3.63, 3.8) is 0 Å². The fourth-order valence-electron chi connectivity index (χ4n) is 3.19. The second-order valence-corrected chi connectivity index (χ2v) is 5.82. The van der Waals surface area contributed by atoms with E-state index in [0.717, 1.165) is 18.8 Å². The molecule has 0 radical (unpaired) electrons. The molecule has 0 aliphatic heterocycles. The van der Waals surface area contributed by atoms with Gasteiger partial charge in [-0.05, 0) is 50.0 Å². The minimum atomic E-state index is 0.382. The molecule has 1 aromatic rings. The first-order valence-electron chi connectivity index (χ1n) is 7.41. The third-order valence-corrected chi connectivity index (χ3v) is 4.59. The molecule has 0 bridgehead atoms. The first-order valence-corrected chi connectivity index (χ1v) is 7.41. The number of nitrogens with zero attached hydrogens (tertiary/aromatic N) is 2. The number of nitrogens with two attached hydrogens (primary N) is 1. The van der Waals surface area contributed by atoms with Gasteiger partial charge in [0.25, 0.3) is 0 Å². The summed E-state index contributed by atoms with van der Waals surface area (Å²) < 4.78 is 2.04. The van der Waals surface area contributed by atoms with Crippen molar-refractivity contribution in [2.24, 2.45) is 24.6 Å². The van der Waals surface area contributed by atoms with E-state index in [1.165, 1.54) is 37.1 Å². The van der Waals surface area contributed by atoms with Crippen LogP contribution in [-0.4, -0.2) is 15.8 Å². The van der Waals surface area contributed by atoms with Gasteiger partial charge in [-0.15, -0.1) is 0 Å². The van der Waals surface area contributed by atoms with Gasteiger partial charge >= 0.3 is 0 Å². The van der Waals surface area contributed by atoms with Gasteiger partial charge in [0.05, 0.1) is 5.69 Å². The Labute approximate surface area is 111 Å². The van der Waals surface area contributed by atoms with Crippen molar-refractivity contribution in [3.05, 3.63) is 17.5 Å². The zero-order valence-corrected chi connectivity index (χ0v) is 12.0. The van der Waals surface area contributed by atoms with Crippen molar-refractivity contribution in [3.8, 4) is 0 Å². The summed E-state index contributed by atoms with van der Waals surface area (Å²) in [7, 11) is 2.06. The molecule has 3 unspecified atom stereocenters. The van der Waals surface area contributed by atoms with Gasteiger partial charge in [-0.2, -0.15) is 5.10 Å². The van der Waals surface area contributed by atoms with Gasteiger partial charge in [-0.25, -0.2) is 0 Å². The van der Waals surface area contributed by atoms with Crippen molar-refractivity contribution in [1.82, 2.24) is 9.78 Å². The SMILES string of the molecule is CCc1cc(CC2CC(CC)CCC2N)n(C)n1. The Morgan fingerprint density at radius 3 is 2.78 bits per heavy atom. The number of aryl methyl sites for hydroxylation is 2. The largest absolute Gasteiger partial charge is 0.327 e. The quantitative estimate of drug-likeness (QED) is 0.891. The molecular formula is C15H27N3. The Hall–Kier alpha value is -0.830. The minimum absolute atomic E-state index is 0.382. The van der Waals surface area contributed by atoms with Gasteiger partial charge in [-0.3, -0.25) is 4.68 Å². The Bertz CT molecular complexity index is 383. The predicted octanol–water partition coefficient (Wildman–Crippen LogP) is 2.68. The van der Waals surface area contributed by atoms with Crippen molar-refractivity contribution in [2.45, 2.75) is 58.4 Å². The maximum absolute atomic E-state index is 6.30. The highest BCUT2D eigenvalue weighted by molar-refractivity contribution is 5.11. The monoisotopic (exact) mass is 249 g/mol. The second kappa shape index (κ2) is 5.87. The first kappa shape index (κ1) is 13.6. The van der Waals surface area contributed by atoms with Crippen LogP contribution in [0.3, 0.4) is 0 Å². The smallest absolute Gasteiger partial charge is 0.0624 e. The van der Waals surface area contributed by atoms with Gasteiger partial charge in [0.15, 0.2) is 0 Å². The van der Waals surface area contributed by atoms with E-state index >= 15 is 0 Å². The van der Waals surface area contributed by atoms with Crippen LogP contribution in [0, 0.1) is 11.8 Å². The fraction of sp³-hybridized carbons (Fsp3) is 0.800. The topological polar surface area (TPSA) is 43.8 Å². The Morgan fingerprint density at radius 2 is 2.17 bits per heavy atom. The third-order valence-electron chi connectivity index (χ3n) is 4.59. The van der Waals surface area contributed by atoms with Crippen molar-refractivity contribution >= 4 is 0 Å². The average molecular weight is 249 g/mol. The van der Waals surface area contributed by atoms with Gasteiger partial charge < -0.3 is 5.73 Å². The fourth-order valence-corrected chi connectivity index (χ4v) is 3.19. The summed E-state index contributed by atoms with van der Waals surface area (Å²) in [6.45, 7) is 4.46. The standard InChI is InChI=1S/C15H27N3/c1-4-11-6-7-15(16)12(8-11)9-14-10-13(5-2)17-18(14)3/h10-12,15H,4-9,16H2,1-3H3. The summed E-state index contributed by atoms with van der Waals surface area (Å²) >= 11 is 0. The molecule has 0 spiro atoms. The van der Waals surface area contributed by atoms with E-state index in [9.17, 15) is 0 Å². The molecule has 2 N–H and O–H groups in total. The highest BCUT2D eigenvalue weighted by Gasteiger charge is 2.28. The zero-order chi connectivity index (χ0) is 13.1. The van der Waals surface area contributed by atoms with E-state index in [4.69, 9.17) is 5.73 Å². The molecule has 1 aromatic heterocycles. The van der Waals surface area contributed by atoms with E-state index in [2.05, 4.69) is 32.1 Å². The molecule has 1 fully saturated rings. The summed E-state index contributed by atoms with van der Waals surface area (Å²) in [6.07, 6.45) is 7.23. The molecule has 3 nitrogen and oxygen atoms in total. The Morgan fingerprint density at radius 1 is 1.39 bits per heavy atom. The molecule has 18 heavy (non-hydrogen) atoms. The number of hydrogen-bond donors (Lipinski definition) is 1. The lowest BCUT2D eigenvalue weighted by Crippen LogP contribution is -2.37. The number of hydrogen-bond acceptors (Lipinski definition) is 2. The summed E-state index contributed by atoms with van der Waals surface area (Å²) in [5.41, 5.74) is 8.85. The Kier molecular flexibility index (Phi) is 4.44. The van der Waals surface area contributed by atoms with Gasteiger partial charge in [0, 0.05) is 18.8 Å². The second-order valence-electron chi connectivity index (χ2n) is 5.82. The van der Waals surface area contributed by atoms with Crippen LogP contribution in [0.2, 0.25) is 0 Å². The van der Waals surface area contributed by atoms with Gasteiger partial charge in [0.1, 0.15) is 0 Å². The molecular weight excluding hydrogens is 222 g/mol. The van der Waals surface area contributed by atoms with Crippen LogP contribution < -0.4 is 5.73 Å². The summed E-state index contributed by atoms with van der Waals surface area (Å²) in [6, 6.07) is 2.63. The Balaban J connectivity index is 2.04. The van der Waals surface area contributed by atoms with Crippen LogP contribution in [0.5, 0.6) is 0 Å². The predicted molar refractivity (Wildman–Crippen MR) is 75.4 cm³/mol. The summed E-state index contributed by atoms with van der Waals surface area (Å²) in [4.78, 5) is 0. The molecule has 2 rings (SSSR count). The molecule has 1 aliphatic rings. The lowest BCUT2D eigenvalue weighted by atomic mass is 9.75.